The van der Waals surface area contributed by atoms with Gasteiger partial charge in [0.05, 0.1) is 12.5 Å². The van der Waals surface area contributed by atoms with Gasteiger partial charge in [-0.15, -0.1) is 0 Å². The lowest BCUT2D eigenvalue weighted by Crippen LogP contribution is -2.38. The highest BCUT2D eigenvalue weighted by atomic mass is 16.3. The second kappa shape index (κ2) is 5.12. The smallest absolute Gasteiger partial charge is 0.224 e. The third kappa shape index (κ3) is 3.07. The maximum Gasteiger partial charge on any atom is 0.224 e. The minimum Gasteiger partial charge on any atom is -0.393 e. The van der Waals surface area contributed by atoms with Crippen LogP contribution in [0.4, 0.5) is 0 Å². The molecular formula is C13H17NO2. The molecule has 1 aromatic rings. The van der Waals surface area contributed by atoms with Gasteiger partial charge in [-0.2, -0.15) is 0 Å². The van der Waals surface area contributed by atoms with Gasteiger partial charge in [0, 0.05) is 6.54 Å². The van der Waals surface area contributed by atoms with Gasteiger partial charge in [-0.1, -0.05) is 30.3 Å². The summed E-state index contributed by atoms with van der Waals surface area (Å²) < 4.78 is 0. The largest absolute Gasteiger partial charge is 0.393 e. The van der Waals surface area contributed by atoms with Gasteiger partial charge < -0.3 is 10.4 Å². The first-order valence-corrected chi connectivity index (χ1v) is 5.72. The summed E-state index contributed by atoms with van der Waals surface area (Å²) in [5.74, 6) is 0.530. The van der Waals surface area contributed by atoms with Crippen LogP contribution in [0.1, 0.15) is 18.4 Å². The molecule has 1 amide bonds. The summed E-state index contributed by atoms with van der Waals surface area (Å²) in [6.45, 7) is 0.697. The molecule has 1 fully saturated rings. The van der Waals surface area contributed by atoms with E-state index in [1.165, 1.54) is 0 Å². The Morgan fingerprint density at radius 2 is 2.00 bits per heavy atom. The second-order valence-electron chi connectivity index (χ2n) is 4.46. The number of benzene rings is 1. The van der Waals surface area contributed by atoms with Gasteiger partial charge >= 0.3 is 0 Å². The Morgan fingerprint density at radius 3 is 2.62 bits per heavy atom. The molecule has 3 heteroatoms. The van der Waals surface area contributed by atoms with Crippen molar-refractivity contribution in [3.8, 4) is 0 Å². The summed E-state index contributed by atoms with van der Waals surface area (Å²) in [4.78, 5) is 11.6. The van der Waals surface area contributed by atoms with Crippen molar-refractivity contribution in [3.05, 3.63) is 35.9 Å². The first-order valence-electron chi connectivity index (χ1n) is 5.72. The average molecular weight is 219 g/mol. The highest BCUT2D eigenvalue weighted by Crippen LogP contribution is 2.25. The van der Waals surface area contributed by atoms with Gasteiger partial charge in [0.1, 0.15) is 0 Å². The van der Waals surface area contributed by atoms with Crippen molar-refractivity contribution in [1.29, 1.82) is 0 Å². The lowest BCUT2D eigenvalue weighted by molar-refractivity contribution is -0.121. The highest BCUT2D eigenvalue weighted by Gasteiger charge is 2.26. The normalized spacial score (nSPS) is 23.6. The van der Waals surface area contributed by atoms with Crippen molar-refractivity contribution < 1.29 is 9.90 Å². The van der Waals surface area contributed by atoms with Crippen molar-refractivity contribution >= 4 is 5.91 Å². The molecule has 0 heterocycles. The number of nitrogens with one attached hydrogen (secondary N) is 1. The average Bonchev–Trinajstić information content (AvgIpc) is 2.24. The van der Waals surface area contributed by atoms with E-state index < -0.39 is 0 Å². The minimum absolute atomic E-state index is 0.0626. The summed E-state index contributed by atoms with van der Waals surface area (Å²) >= 11 is 0. The van der Waals surface area contributed by atoms with Gasteiger partial charge in [0.25, 0.3) is 0 Å². The molecule has 0 aliphatic heterocycles. The quantitative estimate of drug-likeness (QED) is 0.797. The number of carbonyl (C=O) groups is 1. The molecule has 86 valence electrons. The summed E-state index contributed by atoms with van der Waals surface area (Å²) in [5, 5.41) is 12.0. The maximum absolute atomic E-state index is 11.6. The Morgan fingerprint density at radius 1 is 1.31 bits per heavy atom. The Hall–Kier alpha value is -1.35. The van der Waals surface area contributed by atoms with Crippen LogP contribution >= 0.6 is 0 Å². The molecule has 1 aliphatic rings. The Bertz CT molecular complexity index is 344. The molecule has 0 aromatic heterocycles. The molecule has 0 unspecified atom stereocenters. The lowest BCUT2D eigenvalue weighted by Gasteiger charge is -2.31. The van der Waals surface area contributed by atoms with Crippen LogP contribution in [-0.2, 0) is 11.2 Å². The van der Waals surface area contributed by atoms with Crippen LogP contribution in [0.15, 0.2) is 30.3 Å². The van der Waals surface area contributed by atoms with Gasteiger partial charge in [-0.3, -0.25) is 4.79 Å². The van der Waals surface area contributed by atoms with E-state index >= 15 is 0 Å². The van der Waals surface area contributed by atoms with Crippen molar-refractivity contribution in [2.75, 3.05) is 6.54 Å². The van der Waals surface area contributed by atoms with Crippen LogP contribution in [0, 0.1) is 5.92 Å². The van der Waals surface area contributed by atoms with Gasteiger partial charge in [-0.25, -0.2) is 0 Å². The van der Waals surface area contributed by atoms with E-state index in [0.29, 0.717) is 18.9 Å². The number of hydrogen-bond acceptors (Lipinski definition) is 2. The van der Waals surface area contributed by atoms with E-state index in [1.807, 2.05) is 30.3 Å². The second-order valence-corrected chi connectivity index (χ2v) is 4.46. The third-order valence-electron chi connectivity index (χ3n) is 3.01. The van der Waals surface area contributed by atoms with Crippen molar-refractivity contribution in [1.82, 2.24) is 5.32 Å². The monoisotopic (exact) mass is 219 g/mol. The number of rotatable bonds is 4. The third-order valence-corrected chi connectivity index (χ3v) is 3.01. The van der Waals surface area contributed by atoms with Crippen LogP contribution in [0.2, 0.25) is 0 Å². The number of amides is 1. The first-order chi connectivity index (χ1) is 7.74. The lowest BCUT2D eigenvalue weighted by atomic mass is 9.82. The predicted octanol–water partition coefficient (Wildman–Crippen LogP) is 1.12. The molecule has 1 aromatic carbocycles. The van der Waals surface area contributed by atoms with Crippen LogP contribution in [0.3, 0.4) is 0 Å². The standard InChI is InChI=1S/C13H17NO2/c15-12-6-11(7-12)9-14-13(16)8-10-4-2-1-3-5-10/h1-5,11-12,15H,6-9H2,(H,14,16). The molecule has 1 saturated carbocycles. The zero-order chi connectivity index (χ0) is 11.4. The molecule has 0 spiro atoms. The molecule has 2 N–H and O–H groups in total. The van der Waals surface area contributed by atoms with Crippen LogP contribution in [-0.4, -0.2) is 23.7 Å². The zero-order valence-electron chi connectivity index (χ0n) is 9.23. The van der Waals surface area contributed by atoms with Crippen molar-refractivity contribution in [2.24, 2.45) is 5.92 Å². The predicted molar refractivity (Wildman–Crippen MR) is 61.9 cm³/mol. The molecular weight excluding hydrogens is 202 g/mol. The number of hydrogen-bond donors (Lipinski definition) is 2. The van der Waals surface area contributed by atoms with Gasteiger partial charge in [0.15, 0.2) is 0 Å². The molecule has 0 saturated heterocycles. The first kappa shape index (κ1) is 11.1. The molecule has 0 atom stereocenters. The maximum atomic E-state index is 11.6. The molecule has 0 radical (unpaired) electrons. The van der Waals surface area contributed by atoms with Crippen LogP contribution < -0.4 is 5.32 Å². The van der Waals surface area contributed by atoms with Gasteiger partial charge in [-0.05, 0) is 24.3 Å². The summed E-state index contributed by atoms with van der Waals surface area (Å²) in [6.07, 6.45) is 1.95. The van der Waals surface area contributed by atoms with E-state index in [0.717, 1.165) is 18.4 Å². The topological polar surface area (TPSA) is 49.3 Å². The van der Waals surface area contributed by atoms with E-state index in [2.05, 4.69) is 5.32 Å². The fourth-order valence-electron chi connectivity index (χ4n) is 1.97. The fraction of sp³-hybridized carbons (Fsp3) is 0.462. The number of aliphatic hydroxyl groups excluding tert-OH is 1. The Kier molecular flexibility index (Phi) is 3.57. The fourth-order valence-corrected chi connectivity index (χ4v) is 1.97. The van der Waals surface area contributed by atoms with E-state index in [4.69, 9.17) is 5.11 Å². The Balaban J connectivity index is 1.69. The zero-order valence-corrected chi connectivity index (χ0v) is 9.23. The van der Waals surface area contributed by atoms with Crippen molar-refractivity contribution in [3.63, 3.8) is 0 Å². The van der Waals surface area contributed by atoms with E-state index in [1.54, 1.807) is 0 Å². The summed E-state index contributed by atoms with van der Waals surface area (Å²) in [5.41, 5.74) is 1.04. The van der Waals surface area contributed by atoms with Crippen molar-refractivity contribution in [2.45, 2.75) is 25.4 Å². The summed E-state index contributed by atoms with van der Waals surface area (Å²) in [7, 11) is 0. The van der Waals surface area contributed by atoms with E-state index in [-0.39, 0.29) is 12.0 Å². The molecule has 2 rings (SSSR count). The van der Waals surface area contributed by atoms with Gasteiger partial charge in [0.2, 0.25) is 5.91 Å². The van der Waals surface area contributed by atoms with Crippen LogP contribution in [0.5, 0.6) is 0 Å². The molecule has 0 bridgehead atoms. The minimum atomic E-state index is -0.143. The molecule has 3 nitrogen and oxygen atoms in total. The summed E-state index contributed by atoms with van der Waals surface area (Å²) in [6, 6.07) is 9.71. The van der Waals surface area contributed by atoms with E-state index in [9.17, 15) is 4.79 Å². The van der Waals surface area contributed by atoms with Crippen LogP contribution in [0.25, 0.3) is 0 Å². The highest BCUT2D eigenvalue weighted by molar-refractivity contribution is 5.78. The number of carbonyl (C=O) groups excluding carboxylic acids is 1. The number of aliphatic hydroxyl groups is 1. The molecule has 16 heavy (non-hydrogen) atoms. The molecule has 1 aliphatic carbocycles. The SMILES string of the molecule is O=C(Cc1ccccc1)NCC1CC(O)C1. The Labute approximate surface area is 95.5 Å².